The summed E-state index contributed by atoms with van der Waals surface area (Å²) in [6, 6.07) is 27.6. The molecule has 0 amide bonds. The van der Waals surface area contributed by atoms with E-state index in [-0.39, 0.29) is 10.6 Å². The van der Waals surface area contributed by atoms with Gasteiger partial charge in [-0.3, -0.25) is 10.1 Å². The highest BCUT2D eigenvalue weighted by molar-refractivity contribution is 8.33. The van der Waals surface area contributed by atoms with E-state index < -0.39 is 25.4 Å². The molecule has 4 aromatic rings. The molecule has 6 nitrogen and oxygen atoms in total. The van der Waals surface area contributed by atoms with Gasteiger partial charge in [0.25, 0.3) is 5.69 Å². The van der Waals surface area contributed by atoms with Crippen molar-refractivity contribution in [3.63, 3.8) is 0 Å². The van der Waals surface area contributed by atoms with Gasteiger partial charge in [-0.05, 0) is 72.5 Å². The lowest BCUT2D eigenvalue weighted by atomic mass is 10.1. The third kappa shape index (κ3) is 4.73. The van der Waals surface area contributed by atoms with Crippen LogP contribution in [-0.2, 0) is 13.7 Å². The summed E-state index contributed by atoms with van der Waals surface area (Å²) in [5, 5.41) is 11.3. The number of rotatable bonds is 7. The summed E-state index contributed by atoms with van der Waals surface area (Å²) in [5.74, 6) is 0. The van der Waals surface area contributed by atoms with Crippen LogP contribution in [0.3, 0.4) is 0 Å². The molecule has 0 radical (unpaired) electrons. The van der Waals surface area contributed by atoms with Crippen molar-refractivity contribution in [3.8, 4) is 0 Å². The predicted molar refractivity (Wildman–Crippen MR) is 137 cm³/mol. The van der Waals surface area contributed by atoms with Crippen LogP contribution < -0.4 is 0 Å². The first-order valence-corrected chi connectivity index (χ1v) is 13.8. The molecular weight excluding hydrogens is 482 g/mol. The second kappa shape index (κ2) is 9.65. The lowest BCUT2D eigenvalue weighted by Gasteiger charge is -2.41. The zero-order valence-corrected chi connectivity index (χ0v) is 21.2. The normalized spacial score (nSPS) is 12.3. The van der Waals surface area contributed by atoms with Gasteiger partial charge in [0.15, 0.2) is 0 Å². The number of nitro benzene ring substituents is 1. The van der Waals surface area contributed by atoms with E-state index in [1.54, 1.807) is 0 Å². The lowest BCUT2D eigenvalue weighted by Crippen LogP contribution is -2.16. The molecule has 0 N–H and O–H groups in total. The van der Waals surface area contributed by atoms with Gasteiger partial charge < -0.3 is 0 Å². The third-order valence-corrected chi connectivity index (χ3v) is 11.0. The molecular formula is C27H25NO5S2. The second-order valence-electron chi connectivity index (χ2n) is 8.19. The molecule has 35 heavy (non-hydrogen) atoms. The van der Waals surface area contributed by atoms with Gasteiger partial charge in [-0.15, -0.1) is 0 Å². The summed E-state index contributed by atoms with van der Waals surface area (Å²) in [7, 11) is -7.24. The minimum atomic E-state index is -4.43. The maximum Gasteiger partial charge on any atom is 0.307 e. The maximum absolute atomic E-state index is 13.8. The van der Waals surface area contributed by atoms with E-state index in [0.717, 1.165) is 27.7 Å². The Kier molecular flexibility index (Phi) is 6.80. The molecule has 0 aromatic heterocycles. The van der Waals surface area contributed by atoms with E-state index in [4.69, 9.17) is 3.63 Å². The Morgan fingerprint density at radius 3 is 1.66 bits per heavy atom. The minimum Gasteiger partial charge on any atom is -0.258 e. The predicted octanol–water partition coefficient (Wildman–Crippen LogP) is 7.12. The number of hydrogen-bond acceptors (Lipinski definition) is 5. The van der Waals surface area contributed by atoms with Crippen molar-refractivity contribution in [1.29, 1.82) is 0 Å². The molecule has 0 saturated carbocycles. The van der Waals surface area contributed by atoms with Crippen LogP contribution in [0.25, 0.3) is 0 Å². The number of non-ortho nitro benzene ring substituents is 1. The number of hydrogen-bond donors (Lipinski definition) is 0. The van der Waals surface area contributed by atoms with Crippen LogP contribution in [0.5, 0.6) is 0 Å². The zero-order valence-electron chi connectivity index (χ0n) is 19.5. The van der Waals surface area contributed by atoms with Crippen molar-refractivity contribution >= 4 is 26.1 Å². The van der Waals surface area contributed by atoms with Crippen LogP contribution in [0, 0.1) is 30.9 Å². The molecule has 0 unspecified atom stereocenters. The van der Waals surface area contributed by atoms with Crippen LogP contribution in [0.15, 0.2) is 117 Å². The summed E-state index contributed by atoms with van der Waals surface area (Å²) in [6.07, 6.45) is 0. The molecule has 0 fully saturated rings. The number of nitro groups is 1. The van der Waals surface area contributed by atoms with Crippen LogP contribution in [0.2, 0.25) is 0 Å². The van der Waals surface area contributed by atoms with E-state index in [2.05, 4.69) is 0 Å². The molecule has 4 rings (SSSR count). The van der Waals surface area contributed by atoms with E-state index in [9.17, 15) is 18.5 Å². The first-order valence-electron chi connectivity index (χ1n) is 10.9. The van der Waals surface area contributed by atoms with Gasteiger partial charge in [-0.1, -0.05) is 60.2 Å². The second-order valence-corrected chi connectivity index (χ2v) is 12.6. The Morgan fingerprint density at radius 2 is 1.17 bits per heavy atom. The van der Waals surface area contributed by atoms with Crippen LogP contribution >= 0.6 is 10.3 Å². The van der Waals surface area contributed by atoms with Gasteiger partial charge in [-0.25, -0.2) is 3.63 Å². The highest BCUT2D eigenvalue weighted by Crippen LogP contribution is 2.71. The Morgan fingerprint density at radius 1 is 0.686 bits per heavy atom. The summed E-state index contributed by atoms with van der Waals surface area (Å²) in [6.45, 7) is 5.89. The Bertz CT molecular complexity index is 1420. The van der Waals surface area contributed by atoms with Crippen molar-refractivity contribution < 1.29 is 17.0 Å². The molecule has 0 aliphatic heterocycles. The Hall–Kier alpha value is -3.46. The van der Waals surface area contributed by atoms with Crippen molar-refractivity contribution in [1.82, 2.24) is 0 Å². The smallest absolute Gasteiger partial charge is 0.258 e. The molecule has 0 heterocycles. The highest BCUT2D eigenvalue weighted by atomic mass is 32.3. The third-order valence-electron chi connectivity index (χ3n) is 5.55. The van der Waals surface area contributed by atoms with Gasteiger partial charge in [-0.2, -0.15) is 8.42 Å². The van der Waals surface area contributed by atoms with Gasteiger partial charge in [0.05, 0.1) is 4.92 Å². The largest absolute Gasteiger partial charge is 0.307 e. The first-order chi connectivity index (χ1) is 16.6. The summed E-state index contributed by atoms with van der Waals surface area (Å²) in [4.78, 5) is 12.6. The molecule has 0 aliphatic carbocycles. The fraction of sp³-hybridized carbons (Fsp3) is 0.111. The van der Waals surface area contributed by atoms with Gasteiger partial charge in [0.2, 0.25) is 0 Å². The summed E-state index contributed by atoms with van der Waals surface area (Å²) >= 11 is 0. The van der Waals surface area contributed by atoms with Gasteiger partial charge >= 0.3 is 10.1 Å². The van der Waals surface area contributed by atoms with Crippen molar-refractivity contribution in [2.24, 2.45) is 0 Å². The minimum absolute atomic E-state index is 0.266. The fourth-order valence-corrected chi connectivity index (χ4v) is 9.90. The standard InChI is InChI=1S/C27H25NO5S2/c1-20-17-21(2)27(22(3)18-20)34(24-12-6-4-7-13-24,25-14-8-5-9-15-25)33-35(31,32)26-16-10-11-23(19-26)28(29)30/h4-19H,1-3H3. The van der Waals surface area contributed by atoms with Gasteiger partial charge in [0, 0.05) is 26.8 Å². The van der Waals surface area contributed by atoms with Crippen molar-refractivity contribution in [2.45, 2.75) is 40.4 Å². The van der Waals surface area contributed by atoms with Crippen molar-refractivity contribution in [2.75, 3.05) is 0 Å². The molecule has 0 atom stereocenters. The van der Waals surface area contributed by atoms with E-state index >= 15 is 0 Å². The average Bonchev–Trinajstić information content (AvgIpc) is 2.84. The topological polar surface area (TPSA) is 86.5 Å². The number of nitrogens with zero attached hydrogens (tertiary/aromatic N) is 1. The Labute approximate surface area is 207 Å². The zero-order chi connectivity index (χ0) is 25.2. The van der Waals surface area contributed by atoms with E-state index in [1.807, 2.05) is 93.6 Å². The van der Waals surface area contributed by atoms with Gasteiger partial charge in [0.1, 0.15) is 4.90 Å². The molecule has 0 bridgehead atoms. The lowest BCUT2D eigenvalue weighted by molar-refractivity contribution is -0.385. The molecule has 0 spiro atoms. The van der Waals surface area contributed by atoms with Crippen molar-refractivity contribution in [3.05, 3.63) is 124 Å². The maximum atomic E-state index is 13.8. The molecule has 0 saturated heterocycles. The highest BCUT2D eigenvalue weighted by Gasteiger charge is 2.40. The fourth-order valence-electron chi connectivity index (χ4n) is 4.26. The summed E-state index contributed by atoms with van der Waals surface area (Å²) in [5.41, 5.74) is 2.54. The van der Waals surface area contributed by atoms with Crippen LogP contribution in [0.4, 0.5) is 5.69 Å². The van der Waals surface area contributed by atoms with Crippen LogP contribution in [0.1, 0.15) is 16.7 Å². The molecule has 180 valence electrons. The Balaban J connectivity index is 2.07. The van der Waals surface area contributed by atoms with Crippen LogP contribution in [-0.4, -0.2) is 13.3 Å². The molecule has 0 aliphatic rings. The van der Waals surface area contributed by atoms with E-state index in [1.165, 1.54) is 18.2 Å². The quantitative estimate of drug-likeness (QED) is 0.196. The number of benzene rings is 4. The molecule has 4 aromatic carbocycles. The number of aryl methyl sites for hydroxylation is 3. The monoisotopic (exact) mass is 507 g/mol. The first kappa shape index (κ1) is 24.7. The average molecular weight is 508 g/mol. The SMILES string of the molecule is Cc1cc(C)c(S(OS(=O)(=O)c2cccc([N+](=O)[O-])c2)(c2ccccc2)c2ccccc2)c(C)c1. The summed E-state index contributed by atoms with van der Waals surface area (Å²) < 4.78 is 34.0. The van der Waals surface area contributed by atoms with E-state index in [0.29, 0.717) is 9.79 Å². The molecule has 8 heteroatoms.